The van der Waals surface area contributed by atoms with Gasteiger partial charge in [0.15, 0.2) is 0 Å². The predicted molar refractivity (Wildman–Crippen MR) is 57.0 cm³/mol. The first-order valence-electron chi connectivity index (χ1n) is 5.79. The van der Waals surface area contributed by atoms with Gasteiger partial charge in [-0.25, -0.2) is 0 Å². The monoisotopic (exact) mass is 198 g/mol. The maximum absolute atomic E-state index is 11.0. The molecule has 1 N–H and O–H groups in total. The van der Waals surface area contributed by atoms with E-state index in [2.05, 4.69) is 0 Å². The van der Waals surface area contributed by atoms with Crippen LogP contribution in [0, 0.1) is 11.8 Å². The standard InChI is InChI=1S/C12H22O2/c1-9(10(2)13)7-8-11-5-3-4-6-12(11)14/h9,11-12,14H,3-8H2,1-2H3/t9?,11-,12-/m0/s1. The first-order valence-corrected chi connectivity index (χ1v) is 5.79. The molecule has 0 amide bonds. The van der Waals surface area contributed by atoms with Crippen LogP contribution in [0.25, 0.3) is 0 Å². The summed E-state index contributed by atoms with van der Waals surface area (Å²) < 4.78 is 0. The smallest absolute Gasteiger partial charge is 0.132 e. The molecule has 0 spiro atoms. The van der Waals surface area contributed by atoms with Crippen molar-refractivity contribution in [1.82, 2.24) is 0 Å². The highest BCUT2D eigenvalue weighted by Gasteiger charge is 2.23. The SMILES string of the molecule is CC(=O)C(C)CC[C@@H]1CCCC[C@@H]1O. The second-order valence-corrected chi connectivity index (χ2v) is 4.70. The molecule has 1 saturated carbocycles. The van der Waals surface area contributed by atoms with Gasteiger partial charge in [-0.1, -0.05) is 19.8 Å². The zero-order valence-electron chi connectivity index (χ0n) is 9.33. The van der Waals surface area contributed by atoms with E-state index in [1.165, 1.54) is 12.8 Å². The maximum Gasteiger partial charge on any atom is 0.132 e. The Bertz CT molecular complexity index is 189. The summed E-state index contributed by atoms with van der Waals surface area (Å²) in [6.07, 6.45) is 6.36. The van der Waals surface area contributed by atoms with E-state index in [9.17, 15) is 9.90 Å². The largest absolute Gasteiger partial charge is 0.393 e. The van der Waals surface area contributed by atoms with Gasteiger partial charge in [-0.15, -0.1) is 0 Å². The molecule has 1 rings (SSSR count). The molecule has 0 aliphatic heterocycles. The molecule has 1 unspecified atom stereocenters. The molecule has 1 aliphatic carbocycles. The molecule has 0 saturated heterocycles. The van der Waals surface area contributed by atoms with Gasteiger partial charge in [0.25, 0.3) is 0 Å². The summed E-state index contributed by atoms with van der Waals surface area (Å²) in [6.45, 7) is 3.64. The zero-order valence-corrected chi connectivity index (χ0v) is 9.33. The average Bonchev–Trinajstić information content (AvgIpc) is 2.16. The van der Waals surface area contributed by atoms with Gasteiger partial charge in [0, 0.05) is 5.92 Å². The fourth-order valence-electron chi connectivity index (χ4n) is 2.19. The van der Waals surface area contributed by atoms with Crippen molar-refractivity contribution in [2.45, 2.75) is 58.5 Å². The van der Waals surface area contributed by atoms with Crippen molar-refractivity contribution in [2.24, 2.45) is 11.8 Å². The Balaban J connectivity index is 2.25. The van der Waals surface area contributed by atoms with Crippen LogP contribution in [-0.2, 0) is 4.79 Å². The third-order valence-corrected chi connectivity index (χ3v) is 3.53. The fraction of sp³-hybridized carbons (Fsp3) is 0.917. The van der Waals surface area contributed by atoms with Crippen molar-refractivity contribution in [2.75, 3.05) is 0 Å². The van der Waals surface area contributed by atoms with Gasteiger partial charge >= 0.3 is 0 Å². The summed E-state index contributed by atoms with van der Waals surface area (Å²) in [7, 11) is 0. The average molecular weight is 198 g/mol. The number of hydrogen-bond acceptors (Lipinski definition) is 2. The second-order valence-electron chi connectivity index (χ2n) is 4.70. The zero-order chi connectivity index (χ0) is 10.6. The first-order chi connectivity index (χ1) is 6.61. The molecule has 82 valence electrons. The van der Waals surface area contributed by atoms with E-state index in [4.69, 9.17) is 0 Å². The number of carbonyl (C=O) groups is 1. The number of Topliss-reactive ketones (excluding diaryl/α,β-unsaturated/α-hetero) is 1. The van der Waals surface area contributed by atoms with Crippen LogP contribution < -0.4 is 0 Å². The summed E-state index contributed by atoms with van der Waals surface area (Å²) in [5.41, 5.74) is 0. The Morgan fingerprint density at radius 2 is 2.07 bits per heavy atom. The second kappa shape index (κ2) is 5.50. The molecular formula is C12H22O2. The summed E-state index contributed by atoms with van der Waals surface area (Å²) >= 11 is 0. The summed E-state index contributed by atoms with van der Waals surface area (Å²) in [5.74, 6) is 0.893. The number of aliphatic hydroxyl groups is 1. The van der Waals surface area contributed by atoms with Gasteiger partial charge in [0.05, 0.1) is 6.10 Å². The number of ketones is 1. The van der Waals surface area contributed by atoms with Gasteiger partial charge in [0.1, 0.15) is 5.78 Å². The normalized spacial score (nSPS) is 29.9. The Morgan fingerprint density at radius 1 is 1.43 bits per heavy atom. The van der Waals surface area contributed by atoms with Crippen LogP contribution in [0.15, 0.2) is 0 Å². The molecule has 3 atom stereocenters. The number of carbonyl (C=O) groups excluding carboxylic acids is 1. The Labute approximate surface area is 86.7 Å². The molecule has 2 heteroatoms. The third-order valence-electron chi connectivity index (χ3n) is 3.53. The third kappa shape index (κ3) is 3.41. The van der Waals surface area contributed by atoms with E-state index in [1.54, 1.807) is 6.92 Å². The van der Waals surface area contributed by atoms with Gasteiger partial charge in [-0.05, 0) is 38.5 Å². The van der Waals surface area contributed by atoms with Crippen molar-refractivity contribution in [3.63, 3.8) is 0 Å². The van der Waals surface area contributed by atoms with E-state index in [0.717, 1.165) is 25.7 Å². The Kier molecular flexibility index (Phi) is 4.59. The molecule has 0 aromatic carbocycles. The lowest BCUT2D eigenvalue weighted by atomic mass is 9.82. The quantitative estimate of drug-likeness (QED) is 0.753. The van der Waals surface area contributed by atoms with E-state index >= 15 is 0 Å². The molecule has 1 fully saturated rings. The Morgan fingerprint density at radius 3 is 2.64 bits per heavy atom. The molecule has 0 aromatic heterocycles. The molecule has 1 aliphatic rings. The van der Waals surface area contributed by atoms with Crippen LogP contribution >= 0.6 is 0 Å². The topological polar surface area (TPSA) is 37.3 Å². The first kappa shape index (κ1) is 11.7. The Hall–Kier alpha value is -0.370. The molecule has 0 aromatic rings. The molecule has 0 radical (unpaired) electrons. The number of rotatable bonds is 4. The van der Waals surface area contributed by atoms with Gasteiger partial charge in [0.2, 0.25) is 0 Å². The summed E-state index contributed by atoms with van der Waals surface area (Å²) in [4.78, 5) is 11.0. The molecule has 0 bridgehead atoms. The lowest BCUT2D eigenvalue weighted by Crippen LogP contribution is -2.25. The highest BCUT2D eigenvalue weighted by atomic mass is 16.3. The molecular weight excluding hydrogens is 176 g/mol. The van der Waals surface area contributed by atoms with E-state index in [-0.39, 0.29) is 17.8 Å². The van der Waals surface area contributed by atoms with E-state index < -0.39 is 0 Å². The van der Waals surface area contributed by atoms with Crippen LogP contribution in [0.3, 0.4) is 0 Å². The maximum atomic E-state index is 11.0. The van der Waals surface area contributed by atoms with E-state index in [1.807, 2.05) is 6.92 Å². The van der Waals surface area contributed by atoms with Crippen molar-refractivity contribution < 1.29 is 9.90 Å². The minimum absolute atomic E-state index is 0.108. The summed E-state index contributed by atoms with van der Waals surface area (Å²) in [5, 5.41) is 9.74. The molecule has 2 nitrogen and oxygen atoms in total. The molecule has 0 heterocycles. The van der Waals surface area contributed by atoms with Gasteiger partial charge < -0.3 is 5.11 Å². The lowest BCUT2D eigenvalue weighted by molar-refractivity contribution is -0.120. The van der Waals surface area contributed by atoms with E-state index in [0.29, 0.717) is 5.92 Å². The fourth-order valence-corrected chi connectivity index (χ4v) is 2.19. The van der Waals surface area contributed by atoms with Crippen molar-refractivity contribution in [3.05, 3.63) is 0 Å². The van der Waals surface area contributed by atoms with Crippen molar-refractivity contribution in [3.8, 4) is 0 Å². The van der Waals surface area contributed by atoms with Gasteiger partial charge in [-0.2, -0.15) is 0 Å². The number of aliphatic hydroxyl groups excluding tert-OH is 1. The highest BCUT2D eigenvalue weighted by molar-refractivity contribution is 5.77. The highest BCUT2D eigenvalue weighted by Crippen LogP contribution is 2.29. The van der Waals surface area contributed by atoms with Crippen LogP contribution in [-0.4, -0.2) is 17.0 Å². The lowest BCUT2D eigenvalue weighted by Gasteiger charge is -2.28. The van der Waals surface area contributed by atoms with Gasteiger partial charge in [-0.3, -0.25) is 4.79 Å². The van der Waals surface area contributed by atoms with Crippen molar-refractivity contribution >= 4 is 5.78 Å². The van der Waals surface area contributed by atoms with Crippen LogP contribution in [0.5, 0.6) is 0 Å². The minimum Gasteiger partial charge on any atom is -0.393 e. The van der Waals surface area contributed by atoms with Crippen LogP contribution in [0.4, 0.5) is 0 Å². The summed E-state index contributed by atoms with van der Waals surface area (Å²) in [6, 6.07) is 0. The minimum atomic E-state index is -0.108. The number of hydrogen-bond donors (Lipinski definition) is 1. The van der Waals surface area contributed by atoms with Crippen LogP contribution in [0.1, 0.15) is 52.4 Å². The molecule has 14 heavy (non-hydrogen) atoms. The van der Waals surface area contributed by atoms with Crippen LogP contribution in [0.2, 0.25) is 0 Å². The van der Waals surface area contributed by atoms with Crippen molar-refractivity contribution in [1.29, 1.82) is 0 Å². The predicted octanol–water partition coefficient (Wildman–Crippen LogP) is 2.54.